The highest BCUT2D eigenvalue weighted by atomic mass is 32.2. The van der Waals surface area contributed by atoms with Crippen molar-refractivity contribution in [3.63, 3.8) is 0 Å². The van der Waals surface area contributed by atoms with Gasteiger partial charge in [0.15, 0.2) is 0 Å². The van der Waals surface area contributed by atoms with E-state index in [0.29, 0.717) is 17.9 Å². The number of imidazole rings is 1. The van der Waals surface area contributed by atoms with Crippen LogP contribution in [0.3, 0.4) is 0 Å². The van der Waals surface area contributed by atoms with Gasteiger partial charge >= 0.3 is 0 Å². The van der Waals surface area contributed by atoms with E-state index in [1.807, 2.05) is 7.05 Å². The summed E-state index contributed by atoms with van der Waals surface area (Å²) in [6.45, 7) is 2.31. The molecule has 0 aliphatic heterocycles. The van der Waals surface area contributed by atoms with Gasteiger partial charge < -0.3 is 10.3 Å². The van der Waals surface area contributed by atoms with E-state index in [1.165, 1.54) is 0 Å². The van der Waals surface area contributed by atoms with E-state index >= 15 is 0 Å². The number of nitrogens with one attached hydrogen (secondary N) is 1. The molecule has 0 saturated heterocycles. The summed E-state index contributed by atoms with van der Waals surface area (Å²) in [6.07, 6.45) is 3.40. The maximum absolute atomic E-state index is 12.3. The average molecular weight is 294 g/mol. The summed E-state index contributed by atoms with van der Waals surface area (Å²) < 4.78 is 28.9. The number of sulfonamides is 1. The lowest BCUT2D eigenvalue weighted by molar-refractivity contribution is 0.577. The fourth-order valence-electron chi connectivity index (χ4n) is 1.94. The SMILES string of the molecule is Cc1cc(CN)ccc1S(=O)(=O)NCc1nccn1C. The van der Waals surface area contributed by atoms with E-state index < -0.39 is 10.0 Å². The standard InChI is InChI=1S/C13H18N4O2S/c1-10-7-11(8-14)3-4-12(10)20(18,19)16-9-13-15-5-6-17(13)2/h3-7,16H,8-9,14H2,1-2H3. The number of hydrogen-bond donors (Lipinski definition) is 2. The Kier molecular flexibility index (Phi) is 4.22. The highest BCUT2D eigenvalue weighted by Crippen LogP contribution is 2.16. The molecular formula is C13H18N4O2S. The molecule has 0 aliphatic carbocycles. The predicted molar refractivity (Wildman–Crippen MR) is 76.3 cm³/mol. The molecule has 0 saturated carbocycles. The van der Waals surface area contributed by atoms with Crippen LogP contribution in [0, 0.1) is 6.92 Å². The fraction of sp³-hybridized carbons (Fsp3) is 0.308. The Morgan fingerprint density at radius 1 is 1.40 bits per heavy atom. The van der Waals surface area contributed by atoms with E-state index in [2.05, 4.69) is 9.71 Å². The molecule has 0 atom stereocenters. The monoisotopic (exact) mass is 294 g/mol. The molecule has 0 spiro atoms. The molecular weight excluding hydrogens is 276 g/mol. The zero-order valence-electron chi connectivity index (χ0n) is 11.5. The first kappa shape index (κ1) is 14.7. The first-order valence-corrected chi connectivity index (χ1v) is 7.68. The Hall–Kier alpha value is -1.70. The zero-order valence-corrected chi connectivity index (χ0v) is 12.3. The minimum absolute atomic E-state index is 0.157. The molecule has 108 valence electrons. The summed E-state index contributed by atoms with van der Waals surface area (Å²) in [6, 6.07) is 5.09. The van der Waals surface area contributed by atoms with Crippen molar-refractivity contribution in [1.82, 2.24) is 14.3 Å². The second kappa shape index (κ2) is 5.74. The van der Waals surface area contributed by atoms with Gasteiger partial charge in [-0.05, 0) is 24.1 Å². The van der Waals surface area contributed by atoms with Crippen molar-refractivity contribution in [1.29, 1.82) is 0 Å². The lowest BCUT2D eigenvalue weighted by Crippen LogP contribution is -2.25. The molecule has 20 heavy (non-hydrogen) atoms. The third-order valence-corrected chi connectivity index (χ3v) is 4.67. The van der Waals surface area contributed by atoms with Crippen molar-refractivity contribution in [3.8, 4) is 0 Å². The molecule has 1 aromatic carbocycles. The van der Waals surface area contributed by atoms with Crippen LogP contribution in [0.25, 0.3) is 0 Å². The number of hydrogen-bond acceptors (Lipinski definition) is 4. The zero-order chi connectivity index (χ0) is 14.8. The molecule has 2 rings (SSSR count). The summed E-state index contributed by atoms with van der Waals surface area (Å²) in [7, 11) is -1.74. The summed E-state index contributed by atoms with van der Waals surface area (Å²) >= 11 is 0. The van der Waals surface area contributed by atoms with Gasteiger partial charge in [0.05, 0.1) is 11.4 Å². The fourth-order valence-corrected chi connectivity index (χ4v) is 3.15. The molecule has 0 amide bonds. The number of nitrogens with two attached hydrogens (primary N) is 1. The predicted octanol–water partition coefficient (Wildman–Crippen LogP) is 0.666. The number of nitrogens with zero attached hydrogens (tertiary/aromatic N) is 2. The van der Waals surface area contributed by atoms with Crippen LogP contribution in [-0.2, 0) is 30.2 Å². The minimum Gasteiger partial charge on any atom is -0.337 e. The van der Waals surface area contributed by atoms with E-state index in [-0.39, 0.29) is 11.4 Å². The maximum atomic E-state index is 12.3. The largest absolute Gasteiger partial charge is 0.337 e. The lowest BCUT2D eigenvalue weighted by Gasteiger charge is -2.10. The molecule has 0 bridgehead atoms. The molecule has 2 aromatic rings. The Bertz CT molecular complexity index is 707. The van der Waals surface area contributed by atoms with Crippen molar-refractivity contribution >= 4 is 10.0 Å². The summed E-state index contributed by atoms with van der Waals surface area (Å²) in [5.74, 6) is 0.657. The minimum atomic E-state index is -3.55. The van der Waals surface area contributed by atoms with E-state index in [9.17, 15) is 8.42 Å². The van der Waals surface area contributed by atoms with Crippen molar-refractivity contribution < 1.29 is 8.42 Å². The van der Waals surface area contributed by atoms with Crippen LogP contribution in [0.4, 0.5) is 0 Å². The number of aromatic nitrogens is 2. The number of aryl methyl sites for hydroxylation is 2. The Balaban J connectivity index is 2.20. The first-order chi connectivity index (χ1) is 9.44. The summed E-state index contributed by atoms with van der Waals surface area (Å²) in [5, 5.41) is 0. The van der Waals surface area contributed by atoms with Crippen molar-refractivity contribution in [2.45, 2.75) is 24.9 Å². The van der Waals surface area contributed by atoms with Gasteiger partial charge in [0.25, 0.3) is 0 Å². The van der Waals surface area contributed by atoms with Gasteiger partial charge in [-0.15, -0.1) is 0 Å². The third kappa shape index (κ3) is 3.06. The van der Waals surface area contributed by atoms with E-state index in [0.717, 1.165) is 5.56 Å². The molecule has 0 fully saturated rings. The van der Waals surface area contributed by atoms with E-state index in [1.54, 1.807) is 42.1 Å². The lowest BCUT2D eigenvalue weighted by atomic mass is 10.1. The topological polar surface area (TPSA) is 90.0 Å². The van der Waals surface area contributed by atoms with Gasteiger partial charge in [-0.2, -0.15) is 0 Å². The van der Waals surface area contributed by atoms with Crippen LogP contribution < -0.4 is 10.5 Å². The van der Waals surface area contributed by atoms with Gasteiger partial charge in [0, 0.05) is 26.0 Å². The molecule has 0 radical (unpaired) electrons. The molecule has 7 heteroatoms. The highest BCUT2D eigenvalue weighted by molar-refractivity contribution is 7.89. The Labute approximate surface area is 118 Å². The molecule has 1 heterocycles. The first-order valence-electron chi connectivity index (χ1n) is 6.19. The number of rotatable bonds is 5. The molecule has 6 nitrogen and oxygen atoms in total. The second-order valence-electron chi connectivity index (χ2n) is 4.58. The molecule has 0 unspecified atom stereocenters. The van der Waals surface area contributed by atoms with Crippen LogP contribution in [0.15, 0.2) is 35.5 Å². The van der Waals surface area contributed by atoms with Crippen LogP contribution in [-0.4, -0.2) is 18.0 Å². The van der Waals surface area contributed by atoms with Crippen LogP contribution >= 0.6 is 0 Å². The highest BCUT2D eigenvalue weighted by Gasteiger charge is 2.17. The normalized spacial score (nSPS) is 11.8. The average Bonchev–Trinajstić information content (AvgIpc) is 2.81. The van der Waals surface area contributed by atoms with Gasteiger partial charge in [0.2, 0.25) is 10.0 Å². The van der Waals surface area contributed by atoms with Crippen molar-refractivity contribution in [2.24, 2.45) is 12.8 Å². The molecule has 1 aromatic heterocycles. The quantitative estimate of drug-likeness (QED) is 0.848. The van der Waals surface area contributed by atoms with E-state index in [4.69, 9.17) is 5.73 Å². The van der Waals surface area contributed by atoms with Crippen LogP contribution in [0.1, 0.15) is 17.0 Å². The second-order valence-corrected chi connectivity index (χ2v) is 6.32. The summed E-state index contributed by atoms with van der Waals surface area (Å²) in [5.41, 5.74) is 7.13. The Morgan fingerprint density at radius 3 is 2.70 bits per heavy atom. The third-order valence-electron chi connectivity index (χ3n) is 3.11. The molecule has 0 aliphatic rings. The Morgan fingerprint density at radius 2 is 2.15 bits per heavy atom. The van der Waals surface area contributed by atoms with Gasteiger partial charge in [-0.3, -0.25) is 0 Å². The van der Waals surface area contributed by atoms with Gasteiger partial charge in [-0.1, -0.05) is 12.1 Å². The van der Waals surface area contributed by atoms with Crippen molar-refractivity contribution in [3.05, 3.63) is 47.5 Å². The smallest absolute Gasteiger partial charge is 0.241 e. The number of benzene rings is 1. The maximum Gasteiger partial charge on any atom is 0.241 e. The van der Waals surface area contributed by atoms with Crippen molar-refractivity contribution in [2.75, 3.05) is 0 Å². The molecule has 3 N–H and O–H groups in total. The van der Waals surface area contributed by atoms with Gasteiger partial charge in [-0.25, -0.2) is 18.1 Å². The van der Waals surface area contributed by atoms with Gasteiger partial charge in [0.1, 0.15) is 5.82 Å². The van der Waals surface area contributed by atoms with Crippen LogP contribution in [0.5, 0.6) is 0 Å². The summed E-state index contributed by atoms with van der Waals surface area (Å²) in [4.78, 5) is 4.35. The van der Waals surface area contributed by atoms with Crippen LogP contribution in [0.2, 0.25) is 0 Å².